The van der Waals surface area contributed by atoms with E-state index in [9.17, 15) is 9.59 Å². The molecule has 1 heterocycles. The van der Waals surface area contributed by atoms with Gasteiger partial charge in [0.25, 0.3) is 0 Å². The molecule has 0 radical (unpaired) electrons. The van der Waals surface area contributed by atoms with Crippen LogP contribution in [-0.2, 0) is 9.59 Å². The first-order valence-electron chi connectivity index (χ1n) is 3.80. The molecule has 12 heavy (non-hydrogen) atoms. The number of carboxylic acids is 1. The predicted molar refractivity (Wildman–Crippen MR) is 42.4 cm³/mol. The van der Waals surface area contributed by atoms with E-state index in [4.69, 9.17) is 5.11 Å². The summed E-state index contributed by atoms with van der Waals surface area (Å²) >= 11 is 0. The molecule has 1 amide bonds. The van der Waals surface area contributed by atoms with Crippen molar-refractivity contribution in [2.45, 2.75) is 6.42 Å². The van der Waals surface area contributed by atoms with Crippen molar-refractivity contribution in [3.63, 3.8) is 0 Å². The molecule has 4 heteroatoms. The number of amides is 1. The highest BCUT2D eigenvalue weighted by atomic mass is 16.4. The second kappa shape index (κ2) is 3.38. The fourth-order valence-electron chi connectivity index (χ4n) is 1.39. The number of nitrogens with one attached hydrogen (secondary N) is 1. The predicted octanol–water partition coefficient (Wildman–Crippen LogP) is 0.00930. The molecule has 0 aliphatic carbocycles. The van der Waals surface area contributed by atoms with Gasteiger partial charge in [0.1, 0.15) is 0 Å². The molecule has 0 bridgehead atoms. The second-order valence-corrected chi connectivity index (χ2v) is 2.79. The van der Waals surface area contributed by atoms with Crippen LogP contribution in [-0.4, -0.2) is 23.5 Å². The Bertz CT molecular complexity index is 224. The minimum Gasteiger partial charge on any atom is -0.481 e. The van der Waals surface area contributed by atoms with Gasteiger partial charge >= 0.3 is 5.97 Å². The molecule has 0 saturated carbocycles. The molecular formula is C8H11NO3. The zero-order valence-electron chi connectivity index (χ0n) is 6.62. The lowest BCUT2D eigenvalue weighted by Crippen LogP contribution is -2.28. The number of carbonyl (C=O) groups excluding carboxylic acids is 1. The van der Waals surface area contributed by atoms with Gasteiger partial charge in [-0.05, 0) is 6.42 Å². The Kier molecular flexibility index (Phi) is 2.47. The molecule has 66 valence electrons. The minimum atomic E-state index is -0.980. The molecular weight excluding hydrogens is 158 g/mol. The van der Waals surface area contributed by atoms with E-state index in [2.05, 4.69) is 11.9 Å². The van der Waals surface area contributed by atoms with Gasteiger partial charge in [-0.15, -0.1) is 6.58 Å². The van der Waals surface area contributed by atoms with Crippen molar-refractivity contribution < 1.29 is 14.7 Å². The molecule has 0 aromatic carbocycles. The third kappa shape index (κ3) is 1.47. The Morgan fingerprint density at radius 1 is 1.83 bits per heavy atom. The van der Waals surface area contributed by atoms with Crippen molar-refractivity contribution in [1.82, 2.24) is 5.32 Å². The third-order valence-corrected chi connectivity index (χ3v) is 2.06. The van der Waals surface area contributed by atoms with Crippen molar-refractivity contribution in [2.75, 3.05) is 6.54 Å². The average molecular weight is 169 g/mol. The summed E-state index contributed by atoms with van der Waals surface area (Å²) in [7, 11) is 0. The Morgan fingerprint density at radius 2 is 2.50 bits per heavy atom. The largest absolute Gasteiger partial charge is 0.481 e. The molecule has 1 saturated heterocycles. The van der Waals surface area contributed by atoms with Crippen LogP contribution < -0.4 is 5.32 Å². The first-order valence-corrected chi connectivity index (χ1v) is 3.80. The molecule has 2 unspecified atom stereocenters. The van der Waals surface area contributed by atoms with Crippen molar-refractivity contribution in [3.8, 4) is 0 Å². The van der Waals surface area contributed by atoms with Gasteiger partial charge in [-0.25, -0.2) is 0 Å². The van der Waals surface area contributed by atoms with Gasteiger partial charge in [-0.2, -0.15) is 0 Å². The van der Waals surface area contributed by atoms with Gasteiger partial charge in [0.05, 0.1) is 11.8 Å². The zero-order chi connectivity index (χ0) is 9.14. The van der Waals surface area contributed by atoms with Gasteiger partial charge in [0.2, 0.25) is 5.91 Å². The highest BCUT2D eigenvalue weighted by Gasteiger charge is 2.34. The quantitative estimate of drug-likeness (QED) is 0.585. The number of hydrogen-bond donors (Lipinski definition) is 2. The Morgan fingerprint density at radius 3 is 2.83 bits per heavy atom. The Labute approximate surface area is 70.3 Å². The summed E-state index contributed by atoms with van der Waals surface area (Å²) in [5.41, 5.74) is 0. The maximum atomic E-state index is 11.1. The molecule has 1 fully saturated rings. The molecule has 2 N–H and O–H groups in total. The van der Waals surface area contributed by atoms with E-state index in [-0.39, 0.29) is 5.91 Å². The topological polar surface area (TPSA) is 66.4 Å². The van der Waals surface area contributed by atoms with E-state index in [1.165, 1.54) is 6.08 Å². The monoisotopic (exact) mass is 169 g/mol. The smallest absolute Gasteiger partial charge is 0.311 e. The molecule has 0 aromatic heterocycles. The molecule has 0 aromatic rings. The number of carboxylic acid groups (broad SMARTS) is 1. The molecule has 2 atom stereocenters. The van der Waals surface area contributed by atoms with Gasteiger partial charge in [-0.3, -0.25) is 9.59 Å². The van der Waals surface area contributed by atoms with Crippen LogP contribution >= 0.6 is 0 Å². The number of rotatable bonds is 3. The second-order valence-electron chi connectivity index (χ2n) is 2.79. The molecule has 0 spiro atoms. The molecule has 1 aliphatic heterocycles. The van der Waals surface area contributed by atoms with Gasteiger partial charge in [0, 0.05) is 6.54 Å². The van der Waals surface area contributed by atoms with Crippen molar-refractivity contribution in [3.05, 3.63) is 12.7 Å². The van der Waals surface area contributed by atoms with E-state index in [1.807, 2.05) is 0 Å². The number of carbonyl (C=O) groups is 2. The molecule has 1 aliphatic rings. The average Bonchev–Trinajstić information content (AvgIpc) is 2.38. The summed E-state index contributed by atoms with van der Waals surface area (Å²) in [4.78, 5) is 21.7. The van der Waals surface area contributed by atoms with Crippen molar-refractivity contribution >= 4 is 11.9 Å². The van der Waals surface area contributed by atoms with Crippen LogP contribution in [0.25, 0.3) is 0 Å². The fraction of sp³-hybridized carbons (Fsp3) is 0.500. The SMILES string of the molecule is C=CC(C(=O)O)C1CCNC1=O. The normalized spacial score (nSPS) is 24.7. The zero-order valence-corrected chi connectivity index (χ0v) is 6.62. The van der Waals surface area contributed by atoms with Crippen LogP contribution in [0.5, 0.6) is 0 Å². The lowest BCUT2D eigenvalue weighted by atomic mass is 9.91. The van der Waals surface area contributed by atoms with Gasteiger partial charge < -0.3 is 10.4 Å². The van der Waals surface area contributed by atoms with Crippen LogP contribution in [0.4, 0.5) is 0 Å². The standard InChI is InChI=1S/C8H11NO3/c1-2-5(8(11)12)6-3-4-9-7(6)10/h2,5-6H,1,3-4H2,(H,9,10)(H,11,12). The van der Waals surface area contributed by atoms with Crippen LogP contribution in [0.3, 0.4) is 0 Å². The van der Waals surface area contributed by atoms with Crippen LogP contribution in [0.1, 0.15) is 6.42 Å². The summed E-state index contributed by atoms with van der Waals surface area (Å²) in [6.45, 7) is 3.97. The summed E-state index contributed by atoms with van der Waals surface area (Å²) in [5.74, 6) is -2.33. The first kappa shape index (κ1) is 8.77. The summed E-state index contributed by atoms with van der Waals surface area (Å²) in [5, 5.41) is 11.3. The number of hydrogen-bond acceptors (Lipinski definition) is 2. The number of aliphatic carboxylic acids is 1. The third-order valence-electron chi connectivity index (χ3n) is 2.06. The lowest BCUT2D eigenvalue weighted by Gasteiger charge is -2.11. The van der Waals surface area contributed by atoms with Crippen LogP contribution in [0.2, 0.25) is 0 Å². The molecule has 4 nitrogen and oxygen atoms in total. The Hall–Kier alpha value is -1.32. The first-order chi connectivity index (χ1) is 5.66. The van der Waals surface area contributed by atoms with Gasteiger partial charge in [0.15, 0.2) is 0 Å². The fourth-order valence-corrected chi connectivity index (χ4v) is 1.39. The maximum Gasteiger partial charge on any atom is 0.311 e. The Balaban J connectivity index is 2.71. The summed E-state index contributed by atoms with van der Waals surface area (Å²) < 4.78 is 0. The van der Waals surface area contributed by atoms with Crippen molar-refractivity contribution in [1.29, 1.82) is 0 Å². The van der Waals surface area contributed by atoms with E-state index in [0.717, 1.165) is 0 Å². The van der Waals surface area contributed by atoms with Gasteiger partial charge in [-0.1, -0.05) is 6.08 Å². The molecule has 1 rings (SSSR count). The maximum absolute atomic E-state index is 11.1. The van der Waals surface area contributed by atoms with E-state index >= 15 is 0 Å². The van der Waals surface area contributed by atoms with E-state index in [0.29, 0.717) is 13.0 Å². The highest BCUT2D eigenvalue weighted by molar-refractivity contribution is 5.87. The van der Waals surface area contributed by atoms with Crippen LogP contribution in [0, 0.1) is 11.8 Å². The van der Waals surface area contributed by atoms with Crippen LogP contribution in [0.15, 0.2) is 12.7 Å². The lowest BCUT2D eigenvalue weighted by molar-refractivity contribution is -0.144. The highest BCUT2D eigenvalue weighted by Crippen LogP contribution is 2.21. The summed E-state index contributed by atoms with van der Waals surface area (Å²) in [6.07, 6.45) is 1.90. The minimum absolute atomic E-state index is 0.178. The van der Waals surface area contributed by atoms with Crippen molar-refractivity contribution in [2.24, 2.45) is 11.8 Å². The van der Waals surface area contributed by atoms with E-state index in [1.54, 1.807) is 0 Å². The van der Waals surface area contributed by atoms with E-state index < -0.39 is 17.8 Å². The summed E-state index contributed by atoms with van der Waals surface area (Å²) in [6, 6.07) is 0.